The molecule has 0 unspecified atom stereocenters. The van der Waals surface area contributed by atoms with Crippen LogP contribution in [0.1, 0.15) is 28.0 Å². The number of nitrogens with zero attached hydrogens (tertiary/aromatic N) is 2. The van der Waals surface area contributed by atoms with Crippen molar-refractivity contribution in [2.24, 2.45) is 0 Å². The van der Waals surface area contributed by atoms with Crippen LogP contribution in [-0.4, -0.2) is 16.7 Å². The van der Waals surface area contributed by atoms with Crippen LogP contribution in [0.2, 0.25) is 0 Å². The molecule has 2 aromatic rings. The number of hydrogen-bond acceptors (Lipinski definition) is 4. The molecule has 1 aliphatic rings. The summed E-state index contributed by atoms with van der Waals surface area (Å²) < 4.78 is 0.750. The number of ketones is 1. The molecule has 0 fully saturated rings. The summed E-state index contributed by atoms with van der Waals surface area (Å²) in [5.41, 5.74) is 1.92. The monoisotopic (exact) mass is 350 g/mol. The number of anilines is 1. The Morgan fingerprint density at radius 2 is 2.15 bits per heavy atom. The normalized spacial score (nSPS) is 14.0. The molecule has 4 nitrogen and oxygen atoms in total. The van der Waals surface area contributed by atoms with Gasteiger partial charge in [0.25, 0.3) is 11.7 Å². The van der Waals surface area contributed by atoms with E-state index in [-0.39, 0.29) is 0 Å². The quantitative estimate of drug-likeness (QED) is 0.798. The fourth-order valence-corrected chi connectivity index (χ4v) is 3.53. The van der Waals surface area contributed by atoms with Gasteiger partial charge in [-0.2, -0.15) is 0 Å². The summed E-state index contributed by atoms with van der Waals surface area (Å²) >= 11 is 4.99. The number of Topliss-reactive ketones (excluding diaryl/α,β-unsaturated/α-hetero) is 1. The van der Waals surface area contributed by atoms with E-state index in [0.29, 0.717) is 17.8 Å². The standard InChI is InChI=1S/C14H11BrN2O2S/c1-2-11-16-8(7-20-11)6-17-12-9(13(18)14(17)19)4-3-5-10(12)15/h3-5,7H,2,6H2,1H3. The van der Waals surface area contributed by atoms with Gasteiger partial charge in [0.1, 0.15) is 0 Å². The van der Waals surface area contributed by atoms with Gasteiger partial charge in [-0.1, -0.05) is 13.0 Å². The van der Waals surface area contributed by atoms with Crippen LogP contribution >= 0.6 is 27.3 Å². The fraction of sp³-hybridized carbons (Fsp3) is 0.214. The summed E-state index contributed by atoms with van der Waals surface area (Å²) in [5.74, 6) is -0.940. The Hall–Kier alpha value is -1.53. The molecule has 20 heavy (non-hydrogen) atoms. The molecule has 0 saturated carbocycles. The zero-order valence-corrected chi connectivity index (χ0v) is 13.1. The van der Waals surface area contributed by atoms with E-state index in [1.54, 1.807) is 23.5 Å². The lowest BCUT2D eigenvalue weighted by molar-refractivity contribution is -0.114. The van der Waals surface area contributed by atoms with Crippen molar-refractivity contribution in [2.75, 3.05) is 4.90 Å². The Morgan fingerprint density at radius 3 is 2.85 bits per heavy atom. The summed E-state index contributed by atoms with van der Waals surface area (Å²) in [4.78, 5) is 30.1. The minimum Gasteiger partial charge on any atom is -0.298 e. The maximum absolute atomic E-state index is 12.1. The van der Waals surface area contributed by atoms with E-state index in [1.807, 2.05) is 18.4 Å². The summed E-state index contributed by atoms with van der Waals surface area (Å²) in [6.45, 7) is 2.37. The molecule has 0 spiro atoms. The summed E-state index contributed by atoms with van der Waals surface area (Å²) in [6.07, 6.45) is 0.873. The first kappa shape index (κ1) is 13.5. The predicted molar refractivity (Wildman–Crippen MR) is 81.2 cm³/mol. The van der Waals surface area contributed by atoms with Crippen molar-refractivity contribution in [1.29, 1.82) is 0 Å². The van der Waals surface area contributed by atoms with Crippen LogP contribution in [0.15, 0.2) is 28.1 Å². The lowest BCUT2D eigenvalue weighted by Crippen LogP contribution is -2.29. The van der Waals surface area contributed by atoms with Crippen molar-refractivity contribution < 1.29 is 9.59 Å². The number of fused-ring (bicyclic) bond motifs is 1. The number of carbonyl (C=O) groups excluding carboxylic acids is 2. The predicted octanol–water partition coefficient (Wildman–Crippen LogP) is 3.20. The van der Waals surface area contributed by atoms with Gasteiger partial charge in [-0.15, -0.1) is 11.3 Å². The van der Waals surface area contributed by atoms with E-state index in [4.69, 9.17) is 0 Å². The molecule has 1 aromatic heterocycles. The summed E-state index contributed by atoms with van der Waals surface area (Å²) in [5, 5.41) is 2.97. The molecule has 0 aliphatic carbocycles. The minimum atomic E-state index is -0.488. The number of para-hydroxylation sites is 1. The van der Waals surface area contributed by atoms with Crippen molar-refractivity contribution >= 4 is 44.6 Å². The molecule has 3 rings (SSSR count). The van der Waals surface area contributed by atoms with Crippen LogP contribution in [0.5, 0.6) is 0 Å². The van der Waals surface area contributed by atoms with Crippen LogP contribution in [-0.2, 0) is 17.8 Å². The highest BCUT2D eigenvalue weighted by atomic mass is 79.9. The molecule has 0 radical (unpaired) electrons. The number of benzene rings is 1. The van der Waals surface area contributed by atoms with Crippen LogP contribution in [0, 0.1) is 0 Å². The van der Waals surface area contributed by atoms with Gasteiger partial charge >= 0.3 is 0 Å². The van der Waals surface area contributed by atoms with Gasteiger partial charge in [0.15, 0.2) is 0 Å². The molecule has 1 aromatic carbocycles. The minimum absolute atomic E-state index is 0.330. The Balaban J connectivity index is 1.98. The smallest absolute Gasteiger partial charge is 0.298 e. The largest absolute Gasteiger partial charge is 0.299 e. The number of halogens is 1. The summed E-state index contributed by atoms with van der Waals surface area (Å²) in [7, 11) is 0. The maximum Gasteiger partial charge on any atom is 0.299 e. The first-order valence-electron chi connectivity index (χ1n) is 6.19. The molecule has 0 N–H and O–H groups in total. The average Bonchev–Trinajstić information content (AvgIpc) is 2.99. The zero-order valence-electron chi connectivity index (χ0n) is 10.7. The molecule has 0 atom stereocenters. The highest BCUT2D eigenvalue weighted by Crippen LogP contribution is 2.36. The lowest BCUT2D eigenvalue weighted by atomic mass is 10.1. The first-order valence-corrected chi connectivity index (χ1v) is 7.87. The molecule has 1 amide bonds. The first-order chi connectivity index (χ1) is 9.61. The van der Waals surface area contributed by atoms with Gasteiger partial charge in [-0.05, 0) is 34.5 Å². The van der Waals surface area contributed by atoms with Crippen LogP contribution in [0.25, 0.3) is 0 Å². The Bertz CT molecular complexity index is 711. The Morgan fingerprint density at radius 1 is 1.35 bits per heavy atom. The molecule has 6 heteroatoms. The number of carbonyl (C=O) groups is 2. The topological polar surface area (TPSA) is 50.3 Å². The second-order valence-electron chi connectivity index (χ2n) is 4.44. The molecular weight excluding hydrogens is 340 g/mol. The van der Waals surface area contributed by atoms with Crippen LogP contribution in [0.4, 0.5) is 5.69 Å². The van der Waals surface area contributed by atoms with E-state index in [9.17, 15) is 9.59 Å². The average molecular weight is 351 g/mol. The fourth-order valence-electron chi connectivity index (χ4n) is 2.21. The van der Waals surface area contributed by atoms with Crippen molar-refractivity contribution in [3.8, 4) is 0 Å². The second-order valence-corrected chi connectivity index (χ2v) is 6.24. The zero-order chi connectivity index (χ0) is 14.3. The third-order valence-electron chi connectivity index (χ3n) is 3.16. The number of amides is 1. The van der Waals surface area contributed by atoms with Gasteiger partial charge in [0, 0.05) is 9.85 Å². The van der Waals surface area contributed by atoms with Crippen LogP contribution < -0.4 is 4.90 Å². The highest BCUT2D eigenvalue weighted by molar-refractivity contribution is 9.10. The van der Waals surface area contributed by atoms with Gasteiger partial charge < -0.3 is 0 Å². The van der Waals surface area contributed by atoms with E-state index < -0.39 is 11.7 Å². The summed E-state index contributed by atoms with van der Waals surface area (Å²) in [6, 6.07) is 5.27. The number of rotatable bonds is 3. The van der Waals surface area contributed by atoms with E-state index in [2.05, 4.69) is 20.9 Å². The van der Waals surface area contributed by atoms with Gasteiger partial charge in [-0.3, -0.25) is 14.5 Å². The molecule has 102 valence electrons. The van der Waals surface area contributed by atoms with E-state index in [1.165, 1.54) is 4.90 Å². The van der Waals surface area contributed by atoms with Gasteiger partial charge in [0.2, 0.25) is 0 Å². The SMILES string of the molecule is CCc1nc(CN2C(=O)C(=O)c3cccc(Br)c32)cs1. The second kappa shape index (κ2) is 5.10. The Kier molecular flexibility index (Phi) is 3.43. The van der Waals surface area contributed by atoms with Crippen molar-refractivity contribution in [3.63, 3.8) is 0 Å². The molecule has 0 bridgehead atoms. The highest BCUT2D eigenvalue weighted by Gasteiger charge is 2.37. The van der Waals surface area contributed by atoms with Crippen LogP contribution in [0.3, 0.4) is 0 Å². The number of hydrogen-bond donors (Lipinski definition) is 0. The third kappa shape index (κ3) is 2.09. The van der Waals surface area contributed by atoms with E-state index in [0.717, 1.165) is 21.6 Å². The Labute approximate surface area is 128 Å². The number of aromatic nitrogens is 1. The van der Waals surface area contributed by atoms with Crippen molar-refractivity contribution in [3.05, 3.63) is 44.3 Å². The van der Waals surface area contributed by atoms with Gasteiger partial charge in [0.05, 0.1) is 28.5 Å². The third-order valence-corrected chi connectivity index (χ3v) is 4.84. The maximum atomic E-state index is 12.1. The molecule has 1 aliphatic heterocycles. The van der Waals surface area contributed by atoms with Crippen molar-refractivity contribution in [1.82, 2.24) is 4.98 Å². The molecule has 2 heterocycles. The molecular formula is C14H11BrN2O2S. The van der Waals surface area contributed by atoms with Gasteiger partial charge in [-0.25, -0.2) is 4.98 Å². The molecule has 0 saturated heterocycles. The number of aryl methyl sites for hydroxylation is 1. The van der Waals surface area contributed by atoms with Crippen molar-refractivity contribution in [2.45, 2.75) is 19.9 Å². The number of thiazole rings is 1. The lowest BCUT2D eigenvalue weighted by Gasteiger charge is -2.16. The van der Waals surface area contributed by atoms with E-state index >= 15 is 0 Å².